The number of piperidine rings is 1. The maximum absolute atomic E-state index is 5.96. The number of rotatable bonds is 4. The fourth-order valence-corrected chi connectivity index (χ4v) is 4.85. The van der Waals surface area contributed by atoms with Crippen LogP contribution in [-0.4, -0.2) is 28.0 Å². The summed E-state index contributed by atoms with van der Waals surface area (Å²) in [6.45, 7) is 2.90. The van der Waals surface area contributed by atoms with Gasteiger partial charge in [-0.2, -0.15) is 0 Å². The topological polar surface area (TPSA) is 42.2 Å². The van der Waals surface area contributed by atoms with E-state index in [2.05, 4.69) is 34.1 Å². The van der Waals surface area contributed by atoms with Crippen LogP contribution in [0.5, 0.6) is 0 Å². The third-order valence-electron chi connectivity index (χ3n) is 5.22. The molecule has 0 bridgehead atoms. The summed E-state index contributed by atoms with van der Waals surface area (Å²) in [5, 5.41) is 1.29. The van der Waals surface area contributed by atoms with Crippen LogP contribution in [0.4, 0.5) is 0 Å². The molecule has 0 unspecified atom stereocenters. The lowest BCUT2D eigenvalue weighted by Crippen LogP contribution is -2.32. The molecule has 4 nitrogen and oxygen atoms in total. The van der Waals surface area contributed by atoms with Gasteiger partial charge in [-0.05, 0) is 38.1 Å². The standard InChI is InChI=1S/C22H21N3OS/c1-2-6-16(7-3-1)19-14-23-21(26-19)15-25-12-10-17(11-13-25)22-24-18-8-4-5-9-20(18)27-22/h1-9,14,17H,10-13,15H2. The number of hydrogen-bond acceptors (Lipinski definition) is 5. The average molecular weight is 375 g/mol. The quantitative estimate of drug-likeness (QED) is 0.483. The molecule has 5 rings (SSSR count). The van der Waals surface area contributed by atoms with Crippen molar-refractivity contribution in [3.8, 4) is 11.3 Å². The second kappa shape index (κ2) is 7.25. The molecule has 0 spiro atoms. The van der Waals surface area contributed by atoms with Gasteiger partial charge in [0.1, 0.15) is 0 Å². The third kappa shape index (κ3) is 3.53. The first kappa shape index (κ1) is 16.7. The largest absolute Gasteiger partial charge is 0.439 e. The highest BCUT2D eigenvalue weighted by atomic mass is 32.1. The molecule has 1 aliphatic heterocycles. The molecule has 1 aliphatic rings. The van der Waals surface area contributed by atoms with Crippen LogP contribution in [0.3, 0.4) is 0 Å². The molecule has 4 aromatic rings. The van der Waals surface area contributed by atoms with Gasteiger partial charge in [0.25, 0.3) is 0 Å². The molecule has 1 saturated heterocycles. The van der Waals surface area contributed by atoms with Gasteiger partial charge in [-0.25, -0.2) is 9.97 Å². The van der Waals surface area contributed by atoms with Gasteiger partial charge in [-0.3, -0.25) is 4.90 Å². The molecular weight excluding hydrogens is 354 g/mol. The van der Waals surface area contributed by atoms with Crippen LogP contribution in [0.2, 0.25) is 0 Å². The number of aromatic nitrogens is 2. The first-order chi connectivity index (χ1) is 13.3. The molecule has 5 heteroatoms. The number of oxazole rings is 1. The Hall–Kier alpha value is -2.50. The zero-order valence-corrected chi connectivity index (χ0v) is 15.9. The Morgan fingerprint density at radius 1 is 1.00 bits per heavy atom. The van der Waals surface area contributed by atoms with Crippen LogP contribution in [0, 0.1) is 0 Å². The van der Waals surface area contributed by atoms with E-state index in [-0.39, 0.29) is 0 Å². The fourth-order valence-electron chi connectivity index (χ4n) is 3.71. The predicted molar refractivity (Wildman–Crippen MR) is 109 cm³/mol. The SMILES string of the molecule is c1ccc(-c2cnc(CN3CCC(c4nc5ccccc5s4)CC3)o2)cc1. The number of benzene rings is 2. The summed E-state index contributed by atoms with van der Waals surface area (Å²) in [4.78, 5) is 11.8. The van der Waals surface area contributed by atoms with Gasteiger partial charge < -0.3 is 4.42 Å². The molecular formula is C22H21N3OS. The maximum Gasteiger partial charge on any atom is 0.209 e. The lowest BCUT2D eigenvalue weighted by molar-refractivity contribution is 0.188. The normalized spacial score (nSPS) is 16.1. The molecule has 2 aromatic carbocycles. The maximum atomic E-state index is 5.96. The molecule has 136 valence electrons. The van der Waals surface area contributed by atoms with Gasteiger partial charge >= 0.3 is 0 Å². The van der Waals surface area contributed by atoms with Crippen LogP contribution < -0.4 is 0 Å². The highest BCUT2D eigenvalue weighted by molar-refractivity contribution is 7.18. The Labute approximate surface area is 162 Å². The zero-order chi connectivity index (χ0) is 18.1. The van der Waals surface area contributed by atoms with Crippen molar-refractivity contribution in [3.63, 3.8) is 0 Å². The molecule has 0 radical (unpaired) electrons. The van der Waals surface area contributed by atoms with Gasteiger partial charge in [0.2, 0.25) is 5.89 Å². The number of thiazole rings is 1. The Morgan fingerprint density at radius 3 is 2.59 bits per heavy atom. The van der Waals surface area contributed by atoms with Crippen molar-refractivity contribution in [2.75, 3.05) is 13.1 Å². The van der Waals surface area contributed by atoms with Crippen molar-refractivity contribution in [2.24, 2.45) is 0 Å². The predicted octanol–water partition coefficient (Wildman–Crippen LogP) is 5.33. The minimum absolute atomic E-state index is 0.572. The van der Waals surface area contributed by atoms with Gasteiger partial charge in [-0.15, -0.1) is 11.3 Å². The van der Waals surface area contributed by atoms with E-state index in [4.69, 9.17) is 9.40 Å². The van der Waals surface area contributed by atoms with Crippen LogP contribution >= 0.6 is 11.3 Å². The fraction of sp³-hybridized carbons (Fsp3) is 0.273. The van der Waals surface area contributed by atoms with Gasteiger partial charge in [0.15, 0.2) is 5.76 Å². The van der Waals surface area contributed by atoms with Crippen molar-refractivity contribution in [3.05, 3.63) is 71.7 Å². The Kier molecular flexibility index (Phi) is 4.47. The second-order valence-electron chi connectivity index (χ2n) is 7.05. The lowest BCUT2D eigenvalue weighted by atomic mass is 9.97. The summed E-state index contributed by atoms with van der Waals surface area (Å²) in [5.41, 5.74) is 2.21. The van der Waals surface area contributed by atoms with E-state index in [0.29, 0.717) is 5.92 Å². The van der Waals surface area contributed by atoms with E-state index >= 15 is 0 Å². The summed E-state index contributed by atoms with van der Waals surface area (Å²) < 4.78 is 7.26. The van der Waals surface area contributed by atoms with Crippen molar-refractivity contribution in [1.29, 1.82) is 0 Å². The van der Waals surface area contributed by atoms with Gasteiger partial charge in [-0.1, -0.05) is 42.5 Å². The summed E-state index contributed by atoms with van der Waals surface area (Å²) in [5.74, 6) is 2.21. The molecule has 27 heavy (non-hydrogen) atoms. The van der Waals surface area contributed by atoms with Crippen LogP contribution in [0.1, 0.15) is 29.7 Å². The molecule has 0 amide bonds. The van der Waals surface area contributed by atoms with E-state index in [1.807, 2.05) is 47.9 Å². The van der Waals surface area contributed by atoms with E-state index in [9.17, 15) is 0 Å². The molecule has 2 aromatic heterocycles. The number of hydrogen-bond donors (Lipinski definition) is 0. The lowest BCUT2D eigenvalue weighted by Gasteiger charge is -2.29. The summed E-state index contributed by atoms with van der Waals surface area (Å²) in [6.07, 6.45) is 4.12. The second-order valence-corrected chi connectivity index (χ2v) is 8.12. The van der Waals surface area contributed by atoms with Gasteiger partial charge in [0.05, 0.1) is 28.0 Å². The average Bonchev–Trinajstić information content (AvgIpc) is 3.36. The van der Waals surface area contributed by atoms with Crippen molar-refractivity contribution < 1.29 is 4.42 Å². The Morgan fingerprint density at radius 2 is 1.78 bits per heavy atom. The minimum atomic E-state index is 0.572. The number of fused-ring (bicyclic) bond motifs is 1. The van der Waals surface area contributed by atoms with E-state index < -0.39 is 0 Å². The van der Waals surface area contributed by atoms with E-state index in [1.165, 1.54) is 9.71 Å². The number of nitrogens with zero attached hydrogens (tertiary/aromatic N) is 3. The summed E-state index contributed by atoms with van der Waals surface area (Å²) in [7, 11) is 0. The highest BCUT2D eigenvalue weighted by Gasteiger charge is 2.24. The van der Waals surface area contributed by atoms with Gasteiger partial charge in [0, 0.05) is 11.5 Å². The number of para-hydroxylation sites is 1. The summed E-state index contributed by atoms with van der Waals surface area (Å²) >= 11 is 1.85. The molecule has 3 heterocycles. The molecule has 0 atom stereocenters. The van der Waals surface area contributed by atoms with Crippen LogP contribution in [0.25, 0.3) is 21.5 Å². The monoisotopic (exact) mass is 375 g/mol. The molecule has 1 fully saturated rings. The zero-order valence-electron chi connectivity index (χ0n) is 15.0. The van der Waals surface area contributed by atoms with Crippen molar-refractivity contribution >= 4 is 21.6 Å². The van der Waals surface area contributed by atoms with E-state index in [1.54, 1.807) is 0 Å². The smallest absolute Gasteiger partial charge is 0.209 e. The van der Waals surface area contributed by atoms with Crippen LogP contribution in [0.15, 0.2) is 65.2 Å². The van der Waals surface area contributed by atoms with Crippen LogP contribution in [-0.2, 0) is 6.54 Å². The summed E-state index contributed by atoms with van der Waals surface area (Å²) in [6, 6.07) is 18.6. The minimum Gasteiger partial charge on any atom is -0.439 e. The first-order valence-electron chi connectivity index (χ1n) is 9.43. The van der Waals surface area contributed by atoms with Crippen molar-refractivity contribution in [2.45, 2.75) is 25.3 Å². The third-order valence-corrected chi connectivity index (χ3v) is 6.42. The molecule has 0 N–H and O–H groups in total. The first-order valence-corrected chi connectivity index (χ1v) is 10.2. The van der Waals surface area contributed by atoms with Crippen molar-refractivity contribution in [1.82, 2.24) is 14.9 Å². The van der Waals surface area contributed by atoms with E-state index in [0.717, 1.165) is 55.2 Å². The molecule has 0 saturated carbocycles. The Bertz CT molecular complexity index is 999. The number of likely N-dealkylation sites (tertiary alicyclic amines) is 1. The molecule has 0 aliphatic carbocycles. The Balaban J connectivity index is 1.21. The highest BCUT2D eigenvalue weighted by Crippen LogP contribution is 2.34.